The molecule has 0 spiro atoms. The van der Waals surface area contributed by atoms with E-state index in [-0.39, 0.29) is 6.03 Å². The van der Waals surface area contributed by atoms with E-state index in [0.29, 0.717) is 23.7 Å². The molecule has 2 amide bonds. The van der Waals surface area contributed by atoms with Gasteiger partial charge >= 0.3 is 6.03 Å². The highest BCUT2D eigenvalue weighted by molar-refractivity contribution is 5.98. The van der Waals surface area contributed by atoms with Crippen molar-refractivity contribution in [1.29, 1.82) is 0 Å². The molecule has 1 aromatic carbocycles. The summed E-state index contributed by atoms with van der Waals surface area (Å²) in [6, 6.07) is 9.28. The van der Waals surface area contributed by atoms with Gasteiger partial charge in [-0.25, -0.2) is 4.79 Å². The van der Waals surface area contributed by atoms with Crippen LogP contribution in [0.25, 0.3) is 11.0 Å². The number of amides is 2. The summed E-state index contributed by atoms with van der Waals surface area (Å²) in [7, 11) is 1.77. The monoisotopic (exact) mass is 368 g/mol. The third kappa shape index (κ3) is 4.28. The number of piperidine rings is 1. The minimum Gasteiger partial charge on any atom is -0.468 e. The van der Waals surface area contributed by atoms with Crippen LogP contribution in [0.1, 0.15) is 18.6 Å². The van der Waals surface area contributed by atoms with E-state index in [1.165, 1.54) is 4.80 Å². The fourth-order valence-electron chi connectivity index (χ4n) is 3.63. The normalized spacial score (nSPS) is 17.9. The second-order valence-electron chi connectivity index (χ2n) is 7.02. The number of fused-ring (bicyclic) bond motifs is 1. The molecular formula is C19H24N6O2. The number of hydrogen-bond donors (Lipinski definition) is 2. The Hall–Kier alpha value is -2.87. The zero-order chi connectivity index (χ0) is 18.6. The van der Waals surface area contributed by atoms with Crippen LogP contribution < -0.4 is 10.6 Å². The van der Waals surface area contributed by atoms with E-state index in [2.05, 4.69) is 25.7 Å². The molecule has 0 unspecified atom stereocenters. The summed E-state index contributed by atoms with van der Waals surface area (Å²) in [5, 5.41) is 14.5. The number of carbonyl (C=O) groups excluding carboxylic acids is 1. The first-order chi connectivity index (χ1) is 13.2. The summed E-state index contributed by atoms with van der Waals surface area (Å²) in [5.74, 6) is 1.42. The third-order valence-electron chi connectivity index (χ3n) is 4.87. The van der Waals surface area contributed by atoms with Crippen LogP contribution in [0.5, 0.6) is 0 Å². The van der Waals surface area contributed by atoms with Crippen LogP contribution in [0.2, 0.25) is 0 Å². The molecule has 1 aliphatic heterocycles. The molecule has 4 rings (SSSR count). The van der Waals surface area contributed by atoms with Crippen LogP contribution in [-0.2, 0) is 13.6 Å². The van der Waals surface area contributed by atoms with Crippen LogP contribution in [0, 0.1) is 5.92 Å². The third-order valence-corrected chi connectivity index (χ3v) is 4.87. The van der Waals surface area contributed by atoms with Crippen LogP contribution >= 0.6 is 0 Å². The lowest BCUT2D eigenvalue weighted by Gasteiger charge is -2.32. The fraction of sp³-hybridized carbons (Fsp3) is 0.421. The predicted octanol–water partition coefficient (Wildman–Crippen LogP) is 2.60. The number of urea groups is 1. The Morgan fingerprint density at radius 2 is 2.22 bits per heavy atom. The van der Waals surface area contributed by atoms with E-state index >= 15 is 0 Å². The number of aromatic nitrogens is 3. The molecule has 8 heteroatoms. The van der Waals surface area contributed by atoms with Crippen molar-refractivity contribution in [2.75, 3.05) is 25.0 Å². The molecule has 3 heterocycles. The summed E-state index contributed by atoms with van der Waals surface area (Å²) < 4.78 is 5.44. The maximum atomic E-state index is 12.3. The zero-order valence-corrected chi connectivity index (χ0v) is 15.4. The second-order valence-corrected chi connectivity index (χ2v) is 7.02. The maximum absolute atomic E-state index is 12.3. The number of rotatable bonds is 5. The first-order valence-corrected chi connectivity index (χ1v) is 9.27. The number of nitrogens with zero attached hydrogens (tertiary/aromatic N) is 4. The Morgan fingerprint density at radius 1 is 1.30 bits per heavy atom. The Labute approximate surface area is 157 Å². The molecule has 1 fully saturated rings. The lowest BCUT2D eigenvalue weighted by atomic mass is 9.98. The second kappa shape index (κ2) is 7.79. The molecule has 2 aromatic heterocycles. The lowest BCUT2D eigenvalue weighted by Crippen LogP contribution is -2.41. The summed E-state index contributed by atoms with van der Waals surface area (Å²) in [4.78, 5) is 16.2. The van der Waals surface area contributed by atoms with E-state index in [1.807, 2.05) is 30.3 Å². The number of furan rings is 1. The molecule has 0 aliphatic carbocycles. The van der Waals surface area contributed by atoms with E-state index in [9.17, 15) is 4.79 Å². The molecule has 8 nitrogen and oxygen atoms in total. The zero-order valence-electron chi connectivity index (χ0n) is 15.4. The van der Waals surface area contributed by atoms with Crippen LogP contribution in [0.3, 0.4) is 0 Å². The van der Waals surface area contributed by atoms with Gasteiger partial charge in [0.05, 0.1) is 18.5 Å². The van der Waals surface area contributed by atoms with Crippen molar-refractivity contribution in [2.24, 2.45) is 13.0 Å². The number of hydrogen-bond acceptors (Lipinski definition) is 5. The molecule has 0 saturated carbocycles. The highest BCUT2D eigenvalue weighted by atomic mass is 16.3. The molecular weight excluding hydrogens is 344 g/mol. The van der Waals surface area contributed by atoms with Crippen molar-refractivity contribution in [2.45, 2.75) is 19.4 Å². The maximum Gasteiger partial charge on any atom is 0.319 e. The average molecular weight is 368 g/mol. The van der Waals surface area contributed by atoms with E-state index in [1.54, 1.807) is 13.3 Å². The van der Waals surface area contributed by atoms with Gasteiger partial charge in [0, 0.05) is 20.1 Å². The number of carbonyl (C=O) groups is 1. The topological polar surface area (TPSA) is 88.2 Å². The average Bonchev–Trinajstić information content (AvgIpc) is 3.29. The molecule has 1 saturated heterocycles. The van der Waals surface area contributed by atoms with Gasteiger partial charge in [0.25, 0.3) is 0 Å². The molecule has 2 N–H and O–H groups in total. The predicted molar refractivity (Wildman–Crippen MR) is 102 cm³/mol. The summed E-state index contributed by atoms with van der Waals surface area (Å²) in [6.07, 6.45) is 3.96. The van der Waals surface area contributed by atoms with Gasteiger partial charge in [-0.1, -0.05) is 6.07 Å². The van der Waals surface area contributed by atoms with Crippen molar-refractivity contribution in [3.63, 3.8) is 0 Å². The van der Waals surface area contributed by atoms with Gasteiger partial charge in [-0.3, -0.25) is 4.90 Å². The molecule has 1 aliphatic rings. The number of benzene rings is 1. The van der Waals surface area contributed by atoms with Crippen molar-refractivity contribution in [3.8, 4) is 0 Å². The van der Waals surface area contributed by atoms with Gasteiger partial charge in [-0.15, -0.1) is 0 Å². The van der Waals surface area contributed by atoms with Gasteiger partial charge in [-0.2, -0.15) is 15.0 Å². The molecule has 3 aromatic rings. The first kappa shape index (κ1) is 17.5. The number of likely N-dealkylation sites (tertiary alicyclic amines) is 1. The highest BCUT2D eigenvalue weighted by Gasteiger charge is 2.21. The van der Waals surface area contributed by atoms with Gasteiger partial charge in [-0.05, 0) is 49.6 Å². The highest BCUT2D eigenvalue weighted by Crippen LogP contribution is 2.20. The van der Waals surface area contributed by atoms with Gasteiger partial charge in [0.15, 0.2) is 0 Å². The van der Waals surface area contributed by atoms with Crippen molar-refractivity contribution in [3.05, 3.63) is 42.4 Å². The Bertz CT molecular complexity index is 904. The molecule has 27 heavy (non-hydrogen) atoms. The first-order valence-electron chi connectivity index (χ1n) is 9.27. The number of anilines is 1. The van der Waals surface area contributed by atoms with E-state index in [0.717, 1.165) is 43.8 Å². The standard InChI is InChI=1S/C19H24N6O2/c1-24-22-17-8-2-7-16(18(17)23-24)21-19(26)20-11-14-5-3-9-25(12-14)13-15-6-4-10-27-15/h2,4,6-8,10,14H,3,5,9,11-13H2,1H3,(H2,20,21,26)/t14-/m1/s1. The molecule has 0 bridgehead atoms. The molecule has 1 atom stereocenters. The Kier molecular flexibility index (Phi) is 5.06. The number of aryl methyl sites for hydroxylation is 1. The Balaban J connectivity index is 1.29. The minimum absolute atomic E-state index is 0.212. The molecule has 142 valence electrons. The quantitative estimate of drug-likeness (QED) is 0.723. The van der Waals surface area contributed by atoms with E-state index in [4.69, 9.17) is 4.42 Å². The van der Waals surface area contributed by atoms with Crippen molar-refractivity contribution >= 4 is 22.8 Å². The summed E-state index contributed by atoms with van der Waals surface area (Å²) in [6.45, 7) is 3.50. The number of nitrogens with one attached hydrogen (secondary N) is 2. The van der Waals surface area contributed by atoms with Gasteiger partial charge in [0.2, 0.25) is 0 Å². The Morgan fingerprint density at radius 3 is 3.07 bits per heavy atom. The smallest absolute Gasteiger partial charge is 0.319 e. The van der Waals surface area contributed by atoms with Crippen LogP contribution in [0.4, 0.5) is 10.5 Å². The van der Waals surface area contributed by atoms with Gasteiger partial charge < -0.3 is 15.1 Å². The van der Waals surface area contributed by atoms with Crippen LogP contribution in [-0.4, -0.2) is 45.6 Å². The van der Waals surface area contributed by atoms with E-state index < -0.39 is 0 Å². The SMILES string of the molecule is Cn1nc2cccc(NC(=O)NC[C@H]3CCCN(Cc4ccco4)C3)c2n1. The van der Waals surface area contributed by atoms with Gasteiger partial charge in [0.1, 0.15) is 16.8 Å². The summed E-state index contributed by atoms with van der Waals surface area (Å²) >= 11 is 0. The summed E-state index contributed by atoms with van der Waals surface area (Å²) in [5.41, 5.74) is 2.12. The lowest BCUT2D eigenvalue weighted by molar-refractivity contribution is 0.156. The largest absolute Gasteiger partial charge is 0.468 e. The van der Waals surface area contributed by atoms with Crippen LogP contribution in [0.15, 0.2) is 41.0 Å². The van der Waals surface area contributed by atoms with Crippen molar-refractivity contribution in [1.82, 2.24) is 25.2 Å². The van der Waals surface area contributed by atoms with Crippen molar-refractivity contribution < 1.29 is 9.21 Å². The molecule has 0 radical (unpaired) electrons. The fourth-order valence-corrected chi connectivity index (χ4v) is 3.63. The minimum atomic E-state index is -0.212.